The molecule has 18 heavy (non-hydrogen) atoms. The van der Waals surface area contributed by atoms with Crippen molar-refractivity contribution in [3.63, 3.8) is 0 Å². The highest BCUT2D eigenvalue weighted by Crippen LogP contribution is 2.32. The first-order chi connectivity index (χ1) is 8.66. The minimum atomic E-state index is -0.309. The number of carbonyl (C=O) groups is 2. The summed E-state index contributed by atoms with van der Waals surface area (Å²) in [6.07, 6.45) is 1.83. The second-order valence-corrected chi connectivity index (χ2v) is 5.06. The monoisotopic (exact) mass is 244 g/mol. The molecule has 4 heteroatoms. The number of piperazine rings is 1. The van der Waals surface area contributed by atoms with Gasteiger partial charge in [-0.05, 0) is 25.3 Å². The summed E-state index contributed by atoms with van der Waals surface area (Å²) in [4.78, 5) is 25.8. The minimum Gasteiger partial charge on any atom is -0.293 e. The predicted molar refractivity (Wildman–Crippen MR) is 66.8 cm³/mol. The number of aryl methyl sites for hydroxylation is 1. The Hall–Kier alpha value is -1.68. The van der Waals surface area contributed by atoms with E-state index in [0.29, 0.717) is 0 Å². The summed E-state index contributed by atoms with van der Waals surface area (Å²) >= 11 is 0. The fraction of sp³-hybridized carbons (Fsp3) is 0.429. The lowest BCUT2D eigenvalue weighted by atomic mass is 9.99. The molecule has 4 nitrogen and oxygen atoms in total. The molecule has 1 N–H and O–H groups in total. The molecule has 94 valence electrons. The van der Waals surface area contributed by atoms with Crippen LogP contribution in [0.3, 0.4) is 0 Å². The number of imide groups is 1. The molecule has 2 atom stereocenters. The first-order valence-corrected chi connectivity index (χ1v) is 6.34. The number of carbonyl (C=O) groups excluding carboxylic acids is 2. The van der Waals surface area contributed by atoms with Crippen molar-refractivity contribution in [3.05, 3.63) is 35.4 Å². The van der Waals surface area contributed by atoms with Crippen molar-refractivity contribution in [2.24, 2.45) is 0 Å². The van der Waals surface area contributed by atoms with Crippen LogP contribution in [0.5, 0.6) is 0 Å². The van der Waals surface area contributed by atoms with E-state index in [-0.39, 0.29) is 23.9 Å². The number of amides is 2. The molecule has 1 aromatic rings. The van der Waals surface area contributed by atoms with Crippen LogP contribution in [0.4, 0.5) is 0 Å². The van der Waals surface area contributed by atoms with Crippen LogP contribution in [-0.4, -0.2) is 29.3 Å². The summed E-state index contributed by atoms with van der Waals surface area (Å²) in [6, 6.07) is 7.52. The predicted octanol–water partition coefficient (Wildman–Crippen LogP) is 1.16. The van der Waals surface area contributed by atoms with Crippen LogP contribution in [-0.2, 0) is 9.59 Å². The number of hydrogen-bond donors (Lipinski definition) is 1. The van der Waals surface area contributed by atoms with Gasteiger partial charge < -0.3 is 0 Å². The largest absolute Gasteiger partial charge is 0.293 e. The van der Waals surface area contributed by atoms with Gasteiger partial charge in [-0.3, -0.25) is 19.8 Å². The lowest BCUT2D eigenvalue weighted by Crippen LogP contribution is -2.56. The van der Waals surface area contributed by atoms with E-state index in [1.807, 2.05) is 36.1 Å². The summed E-state index contributed by atoms with van der Waals surface area (Å²) in [5.74, 6) is -0.331. The van der Waals surface area contributed by atoms with Crippen LogP contribution < -0.4 is 5.32 Å². The van der Waals surface area contributed by atoms with Crippen molar-refractivity contribution in [2.45, 2.75) is 31.8 Å². The van der Waals surface area contributed by atoms with Gasteiger partial charge in [0.25, 0.3) is 0 Å². The van der Waals surface area contributed by atoms with Gasteiger partial charge in [0.05, 0.1) is 6.04 Å². The Labute approximate surface area is 106 Å². The summed E-state index contributed by atoms with van der Waals surface area (Å²) in [7, 11) is 0. The van der Waals surface area contributed by atoms with E-state index in [2.05, 4.69) is 5.32 Å². The van der Waals surface area contributed by atoms with Gasteiger partial charge in [-0.25, -0.2) is 0 Å². The van der Waals surface area contributed by atoms with Gasteiger partial charge in [-0.1, -0.05) is 29.8 Å². The lowest BCUT2D eigenvalue weighted by molar-refractivity contribution is -0.143. The number of hydrogen-bond acceptors (Lipinski definition) is 3. The zero-order chi connectivity index (χ0) is 12.7. The summed E-state index contributed by atoms with van der Waals surface area (Å²) < 4.78 is 0. The average Bonchev–Trinajstić information content (AvgIpc) is 2.81. The van der Waals surface area contributed by atoms with Crippen LogP contribution >= 0.6 is 0 Å². The summed E-state index contributed by atoms with van der Waals surface area (Å²) in [6.45, 7) is 2.84. The fourth-order valence-corrected chi connectivity index (χ4v) is 2.89. The van der Waals surface area contributed by atoms with Crippen LogP contribution in [0.2, 0.25) is 0 Å². The first kappa shape index (κ1) is 11.4. The Morgan fingerprint density at radius 3 is 2.61 bits per heavy atom. The Balaban J connectivity index is 1.96. The molecular formula is C14H16N2O2. The van der Waals surface area contributed by atoms with Crippen LogP contribution in [0.15, 0.2) is 24.3 Å². The molecule has 2 amide bonds. The molecule has 2 aliphatic rings. The molecule has 2 heterocycles. The quantitative estimate of drug-likeness (QED) is 0.754. The highest BCUT2D eigenvalue weighted by atomic mass is 16.2. The molecule has 0 aliphatic carbocycles. The van der Waals surface area contributed by atoms with Crippen molar-refractivity contribution >= 4 is 11.8 Å². The minimum absolute atomic E-state index is 0.131. The third-order valence-electron chi connectivity index (χ3n) is 3.82. The van der Waals surface area contributed by atoms with E-state index in [0.717, 1.165) is 24.9 Å². The molecule has 2 aliphatic heterocycles. The zero-order valence-electron chi connectivity index (χ0n) is 10.3. The van der Waals surface area contributed by atoms with Crippen molar-refractivity contribution in [1.82, 2.24) is 10.2 Å². The second-order valence-electron chi connectivity index (χ2n) is 5.06. The molecule has 0 unspecified atom stereocenters. The molecule has 0 spiro atoms. The zero-order valence-corrected chi connectivity index (χ0v) is 10.3. The van der Waals surface area contributed by atoms with Gasteiger partial charge in [0.2, 0.25) is 11.8 Å². The maximum Gasteiger partial charge on any atom is 0.248 e. The molecule has 0 radical (unpaired) electrons. The van der Waals surface area contributed by atoms with Gasteiger partial charge >= 0.3 is 0 Å². The van der Waals surface area contributed by atoms with Crippen molar-refractivity contribution < 1.29 is 9.59 Å². The number of fused-ring (bicyclic) bond motifs is 1. The van der Waals surface area contributed by atoms with E-state index >= 15 is 0 Å². The Morgan fingerprint density at radius 1 is 1.17 bits per heavy atom. The van der Waals surface area contributed by atoms with Crippen LogP contribution in [0.1, 0.15) is 30.0 Å². The normalized spacial score (nSPS) is 28.1. The maximum absolute atomic E-state index is 12.1. The van der Waals surface area contributed by atoms with Gasteiger partial charge in [-0.2, -0.15) is 0 Å². The summed E-state index contributed by atoms with van der Waals surface area (Å²) in [5, 5.41) is 2.49. The maximum atomic E-state index is 12.1. The van der Waals surface area contributed by atoms with Crippen LogP contribution in [0.25, 0.3) is 0 Å². The highest BCUT2D eigenvalue weighted by Gasteiger charge is 2.44. The molecule has 2 saturated heterocycles. The summed E-state index contributed by atoms with van der Waals surface area (Å²) in [5.41, 5.74) is 2.14. The van der Waals surface area contributed by atoms with Gasteiger partial charge in [0.1, 0.15) is 6.04 Å². The third-order valence-corrected chi connectivity index (χ3v) is 3.82. The standard InChI is InChI=1S/C14H16N2O2/c1-9-4-6-10(7-5-9)12-14(18)15-13(17)11-3-2-8-16(11)12/h4-7,11-12H,2-3,8H2,1H3,(H,15,17,18)/t11-,12-/m0/s1. The van der Waals surface area contributed by atoms with Crippen molar-refractivity contribution in [3.8, 4) is 0 Å². The van der Waals surface area contributed by atoms with Crippen LogP contribution in [0, 0.1) is 6.92 Å². The number of rotatable bonds is 1. The topological polar surface area (TPSA) is 49.4 Å². The third kappa shape index (κ3) is 1.73. The van der Waals surface area contributed by atoms with Gasteiger partial charge in [-0.15, -0.1) is 0 Å². The molecule has 0 bridgehead atoms. The molecule has 3 rings (SSSR count). The molecular weight excluding hydrogens is 228 g/mol. The lowest BCUT2D eigenvalue weighted by Gasteiger charge is -2.35. The molecule has 0 aromatic heterocycles. The number of nitrogens with one attached hydrogen (secondary N) is 1. The number of benzene rings is 1. The molecule has 2 fully saturated rings. The van der Waals surface area contributed by atoms with E-state index in [9.17, 15) is 9.59 Å². The Kier molecular flexibility index (Phi) is 2.67. The first-order valence-electron chi connectivity index (χ1n) is 6.34. The molecule has 0 saturated carbocycles. The van der Waals surface area contributed by atoms with Crippen molar-refractivity contribution in [2.75, 3.05) is 6.54 Å². The Morgan fingerprint density at radius 2 is 1.89 bits per heavy atom. The van der Waals surface area contributed by atoms with E-state index in [1.54, 1.807) is 0 Å². The SMILES string of the molecule is Cc1ccc([C@H]2C(=O)NC(=O)[C@@H]3CCCN23)cc1. The number of nitrogens with zero attached hydrogens (tertiary/aromatic N) is 1. The Bertz CT molecular complexity index is 495. The highest BCUT2D eigenvalue weighted by molar-refractivity contribution is 6.03. The van der Waals surface area contributed by atoms with Crippen molar-refractivity contribution in [1.29, 1.82) is 0 Å². The van der Waals surface area contributed by atoms with Gasteiger partial charge in [0.15, 0.2) is 0 Å². The smallest absolute Gasteiger partial charge is 0.248 e. The van der Waals surface area contributed by atoms with E-state index in [1.165, 1.54) is 5.56 Å². The molecule has 1 aromatic carbocycles. The fourth-order valence-electron chi connectivity index (χ4n) is 2.89. The van der Waals surface area contributed by atoms with E-state index < -0.39 is 0 Å². The average molecular weight is 244 g/mol. The van der Waals surface area contributed by atoms with E-state index in [4.69, 9.17) is 0 Å². The van der Waals surface area contributed by atoms with Gasteiger partial charge in [0, 0.05) is 6.54 Å². The second kappa shape index (κ2) is 4.21.